The molecule has 0 aromatic carbocycles. The van der Waals surface area contributed by atoms with Crippen LogP contribution in [-0.4, -0.2) is 21.8 Å². The van der Waals surface area contributed by atoms with Crippen LogP contribution in [0.4, 0.5) is 0 Å². The molecule has 1 saturated carbocycles. The summed E-state index contributed by atoms with van der Waals surface area (Å²) in [4.78, 5) is 11.5. The Morgan fingerprint density at radius 1 is 1.19 bits per heavy atom. The fourth-order valence-corrected chi connectivity index (χ4v) is 2.82. The van der Waals surface area contributed by atoms with E-state index in [1.807, 2.05) is 13.8 Å². The molecule has 0 aromatic heterocycles. The molecule has 16 heavy (non-hydrogen) atoms. The molecule has 1 fully saturated rings. The summed E-state index contributed by atoms with van der Waals surface area (Å²) in [7, 11) is 0. The van der Waals surface area contributed by atoms with Gasteiger partial charge in [-0.3, -0.25) is 4.79 Å². The maximum atomic E-state index is 11.5. The number of aliphatic carboxylic acids is 1. The number of hydrogen-bond donors (Lipinski definition) is 2. The van der Waals surface area contributed by atoms with Gasteiger partial charge in [0.25, 0.3) is 0 Å². The van der Waals surface area contributed by atoms with Crippen LogP contribution in [0, 0.1) is 5.41 Å². The van der Waals surface area contributed by atoms with Crippen LogP contribution in [0.3, 0.4) is 0 Å². The lowest BCUT2D eigenvalue weighted by atomic mass is 9.67. The fraction of sp³-hybridized carbons (Fsp3) is 0.923. The number of carbonyl (C=O) groups is 1. The maximum Gasteiger partial charge on any atom is 0.309 e. The zero-order valence-electron chi connectivity index (χ0n) is 10.5. The van der Waals surface area contributed by atoms with E-state index in [1.165, 1.54) is 0 Å². The first kappa shape index (κ1) is 13.5. The standard InChI is InChI=1S/C13H24O3/c1-3-13(16,4-2)10-12(11(14)15)8-6-5-7-9-12/h16H,3-10H2,1-2H3,(H,14,15). The highest BCUT2D eigenvalue weighted by Crippen LogP contribution is 2.44. The third-order valence-corrected chi connectivity index (χ3v) is 4.25. The summed E-state index contributed by atoms with van der Waals surface area (Å²) in [6.45, 7) is 3.86. The van der Waals surface area contributed by atoms with Gasteiger partial charge in [0.2, 0.25) is 0 Å². The third kappa shape index (κ3) is 2.76. The van der Waals surface area contributed by atoms with Crippen LogP contribution in [0.1, 0.15) is 65.2 Å². The first-order valence-corrected chi connectivity index (χ1v) is 6.44. The van der Waals surface area contributed by atoms with Crippen LogP contribution in [0.15, 0.2) is 0 Å². The van der Waals surface area contributed by atoms with E-state index in [9.17, 15) is 15.0 Å². The van der Waals surface area contributed by atoms with Crippen LogP contribution in [0.5, 0.6) is 0 Å². The number of rotatable bonds is 5. The molecule has 0 bridgehead atoms. The van der Waals surface area contributed by atoms with Crippen LogP contribution in [0.2, 0.25) is 0 Å². The molecular weight excluding hydrogens is 204 g/mol. The van der Waals surface area contributed by atoms with Gasteiger partial charge in [0.05, 0.1) is 11.0 Å². The van der Waals surface area contributed by atoms with Crippen molar-refractivity contribution < 1.29 is 15.0 Å². The molecule has 0 unspecified atom stereocenters. The van der Waals surface area contributed by atoms with Crippen molar-refractivity contribution in [2.75, 3.05) is 0 Å². The van der Waals surface area contributed by atoms with E-state index < -0.39 is 17.0 Å². The Morgan fingerprint density at radius 3 is 2.06 bits per heavy atom. The molecular formula is C13H24O3. The Morgan fingerprint density at radius 2 is 1.69 bits per heavy atom. The molecule has 0 amide bonds. The molecule has 2 N–H and O–H groups in total. The number of carboxylic acids is 1. The second-order valence-corrected chi connectivity index (χ2v) is 5.25. The minimum Gasteiger partial charge on any atom is -0.481 e. The summed E-state index contributed by atoms with van der Waals surface area (Å²) in [6, 6.07) is 0. The van der Waals surface area contributed by atoms with Gasteiger partial charge in [-0.1, -0.05) is 33.1 Å². The van der Waals surface area contributed by atoms with Crippen LogP contribution in [-0.2, 0) is 4.79 Å². The fourth-order valence-electron chi connectivity index (χ4n) is 2.82. The van der Waals surface area contributed by atoms with Gasteiger partial charge in [-0.15, -0.1) is 0 Å². The van der Waals surface area contributed by atoms with Crippen molar-refractivity contribution in [2.24, 2.45) is 5.41 Å². The molecule has 0 aromatic rings. The van der Waals surface area contributed by atoms with Crippen molar-refractivity contribution in [3.63, 3.8) is 0 Å². The van der Waals surface area contributed by atoms with E-state index in [1.54, 1.807) is 0 Å². The van der Waals surface area contributed by atoms with Gasteiger partial charge in [-0.2, -0.15) is 0 Å². The average molecular weight is 228 g/mol. The number of hydrogen-bond acceptors (Lipinski definition) is 2. The van der Waals surface area contributed by atoms with Crippen LogP contribution in [0.25, 0.3) is 0 Å². The normalized spacial score (nSPS) is 20.7. The van der Waals surface area contributed by atoms with E-state index in [-0.39, 0.29) is 0 Å². The average Bonchev–Trinajstić information content (AvgIpc) is 2.30. The Bertz CT molecular complexity index is 238. The molecule has 1 aliphatic carbocycles. The summed E-state index contributed by atoms with van der Waals surface area (Å²) < 4.78 is 0. The van der Waals surface area contributed by atoms with Crippen molar-refractivity contribution in [1.29, 1.82) is 0 Å². The van der Waals surface area contributed by atoms with Gasteiger partial charge in [-0.05, 0) is 32.1 Å². The predicted octanol–water partition coefficient (Wildman–Crippen LogP) is 2.96. The predicted molar refractivity (Wildman–Crippen MR) is 63.3 cm³/mol. The number of aliphatic hydroxyl groups is 1. The summed E-state index contributed by atoms with van der Waals surface area (Å²) in [5, 5.41) is 19.8. The minimum atomic E-state index is -0.796. The quantitative estimate of drug-likeness (QED) is 0.760. The van der Waals surface area contributed by atoms with Crippen molar-refractivity contribution in [3.05, 3.63) is 0 Å². The Labute approximate surface area is 97.9 Å². The highest BCUT2D eigenvalue weighted by molar-refractivity contribution is 5.74. The molecule has 1 aliphatic rings. The maximum absolute atomic E-state index is 11.5. The molecule has 94 valence electrons. The van der Waals surface area contributed by atoms with Gasteiger partial charge in [0.1, 0.15) is 0 Å². The zero-order chi connectivity index (χ0) is 12.2. The van der Waals surface area contributed by atoms with Gasteiger partial charge in [0.15, 0.2) is 0 Å². The first-order valence-electron chi connectivity index (χ1n) is 6.44. The summed E-state index contributed by atoms with van der Waals surface area (Å²) in [5.41, 5.74) is -1.46. The molecule has 0 saturated heterocycles. The topological polar surface area (TPSA) is 57.5 Å². The van der Waals surface area contributed by atoms with Crippen molar-refractivity contribution >= 4 is 5.97 Å². The third-order valence-electron chi connectivity index (χ3n) is 4.25. The van der Waals surface area contributed by atoms with Crippen molar-refractivity contribution in [2.45, 2.75) is 70.8 Å². The molecule has 1 rings (SSSR count). The van der Waals surface area contributed by atoms with Gasteiger partial charge in [-0.25, -0.2) is 0 Å². The molecule has 3 nitrogen and oxygen atoms in total. The minimum absolute atomic E-state index is 0.419. The summed E-state index contributed by atoms with van der Waals surface area (Å²) >= 11 is 0. The Kier molecular flexibility index (Phi) is 4.36. The SMILES string of the molecule is CCC(O)(CC)CC1(C(=O)O)CCCCC1. The highest BCUT2D eigenvalue weighted by Gasteiger charge is 2.44. The van der Waals surface area contributed by atoms with Crippen molar-refractivity contribution in [3.8, 4) is 0 Å². The molecule has 0 heterocycles. The first-order chi connectivity index (χ1) is 7.48. The van der Waals surface area contributed by atoms with Gasteiger partial charge < -0.3 is 10.2 Å². The summed E-state index contributed by atoms with van der Waals surface area (Å²) in [6.07, 6.45) is 6.24. The highest BCUT2D eigenvalue weighted by atomic mass is 16.4. The van der Waals surface area contributed by atoms with E-state index in [4.69, 9.17) is 0 Å². The largest absolute Gasteiger partial charge is 0.481 e. The lowest BCUT2D eigenvalue weighted by molar-refractivity contribution is -0.156. The van der Waals surface area contributed by atoms with Crippen LogP contribution < -0.4 is 0 Å². The summed E-state index contributed by atoms with van der Waals surface area (Å²) in [5.74, 6) is -0.715. The molecule has 0 atom stereocenters. The smallest absolute Gasteiger partial charge is 0.309 e. The van der Waals surface area contributed by atoms with Gasteiger partial charge >= 0.3 is 5.97 Å². The zero-order valence-corrected chi connectivity index (χ0v) is 10.5. The van der Waals surface area contributed by atoms with E-state index in [2.05, 4.69) is 0 Å². The van der Waals surface area contributed by atoms with E-state index >= 15 is 0 Å². The van der Waals surface area contributed by atoms with Crippen LogP contribution >= 0.6 is 0 Å². The lowest BCUT2D eigenvalue weighted by Crippen LogP contribution is -2.42. The van der Waals surface area contributed by atoms with E-state index in [0.29, 0.717) is 19.3 Å². The van der Waals surface area contributed by atoms with E-state index in [0.717, 1.165) is 32.1 Å². The van der Waals surface area contributed by atoms with Gasteiger partial charge in [0, 0.05) is 0 Å². The second kappa shape index (κ2) is 5.17. The lowest BCUT2D eigenvalue weighted by Gasteiger charge is -2.39. The molecule has 0 spiro atoms. The Hall–Kier alpha value is -0.570. The molecule has 3 heteroatoms. The molecule has 0 radical (unpaired) electrons. The number of carboxylic acid groups (broad SMARTS) is 1. The second-order valence-electron chi connectivity index (χ2n) is 5.25. The van der Waals surface area contributed by atoms with Crippen molar-refractivity contribution in [1.82, 2.24) is 0 Å². The Balaban J connectivity index is 2.82. The monoisotopic (exact) mass is 228 g/mol. The molecule has 0 aliphatic heterocycles.